The van der Waals surface area contributed by atoms with Crippen LogP contribution in [0, 0.1) is 0 Å². The lowest BCUT2D eigenvalue weighted by Gasteiger charge is -2.33. The smallest absolute Gasteiger partial charge is 0.264 e. The van der Waals surface area contributed by atoms with E-state index in [1.807, 2.05) is 0 Å². The van der Waals surface area contributed by atoms with E-state index in [0.29, 0.717) is 10.6 Å². The highest BCUT2D eigenvalue weighted by Gasteiger charge is 2.33. The summed E-state index contributed by atoms with van der Waals surface area (Å²) in [4.78, 5) is 28.8. The van der Waals surface area contributed by atoms with Crippen molar-refractivity contribution in [3.05, 3.63) is 93.4 Å². The zero-order valence-corrected chi connectivity index (χ0v) is 25.7. The van der Waals surface area contributed by atoms with Crippen LogP contribution in [-0.2, 0) is 26.2 Å². The number of nitrogens with one attached hydrogen (secondary N) is 1. The Morgan fingerprint density at radius 3 is 2.15 bits per heavy atom. The fourth-order valence-electron chi connectivity index (χ4n) is 4.89. The number of hydrogen-bond donors (Lipinski definition) is 1. The summed E-state index contributed by atoms with van der Waals surface area (Å²) in [6, 6.07) is 18.3. The van der Waals surface area contributed by atoms with Crippen molar-refractivity contribution >= 4 is 62.3 Å². The number of hydrogen-bond acceptors (Lipinski definition) is 4. The third kappa shape index (κ3) is 7.95. The van der Waals surface area contributed by atoms with Crippen molar-refractivity contribution in [1.82, 2.24) is 10.2 Å². The maximum atomic E-state index is 14.1. The van der Waals surface area contributed by atoms with Crippen molar-refractivity contribution in [2.45, 2.75) is 62.6 Å². The first kappa shape index (κ1) is 31.2. The Kier molecular flexibility index (Phi) is 10.6. The van der Waals surface area contributed by atoms with E-state index in [2.05, 4.69) is 5.32 Å². The van der Waals surface area contributed by atoms with Gasteiger partial charge in [0.25, 0.3) is 10.0 Å². The molecule has 1 aliphatic carbocycles. The Morgan fingerprint density at radius 2 is 1.51 bits per heavy atom. The molecular weight excluding hydrogens is 605 g/mol. The molecule has 4 rings (SSSR count). The molecule has 3 aromatic carbocycles. The van der Waals surface area contributed by atoms with E-state index in [1.54, 1.807) is 49.4 Å². The number of sulfonamides is 1. The van der Waals surface area contributed by atoms with E-state index in [-0.39, 0.29) is 39.1 Å². The second-order valence-corrected chi connectivity index (χ2v) is 13.2. The van der Waals surface area contributed by atoms with Gasteiger partial charge in [-0.05, 0) is 61.7 Å². The first-order valence-corrected chi connectivity index (χ1v) is 16.0. The Hall–Kier alpha value is -2.78. The monoisotopic (exact) mass is 635 g/mol. The number of benzene rings is 3. The predicted octanol–water partition coefficient (Wildman–Crippen LogP) is 6.71. The minimum absolute atomic E-state index is 0.00723. The SMILES string of the molecule is CC(C(=O)NC1CCCCC1)N(Cc1ccccc1Cl)C(=O)CN(c1cc(Cl)cc(Cl)c1)S(=O)(=O)c1ccccc1. The van der Waals surface area contributed by atoms with Crippen molar-refractivity contribution in [3.8, 4) is 0 Å². The van der Waals surface area contributed by atoms with Gasteiger partial charge in [0.15, 0.2) is 0 Å². The molecule has 3 aromatic rings. The molecule has 0 bridgehead atoms. The van der Waals surface area contributed by atoms with Crippen LogP contribution < -0.4 is 9.62 Å². The molecule has 41 heavy (non-hydrogen) atoms. The van der Waals surface area contributed by atoms with Crippen molar-refractivity contribution in [1.29, 1.82) is 0 Å². The quantitative estimate of drug-likeness (QED) is 0.268. The van der Waals surface area contributed by atoms with Gasteiger partial charge in [0.2, 0.25) is 11.8 Å². The molecule has 0 aliphatic heterocycles. The summed E-state index contributed by atoms with van der Waals surface area (Å²) in [7, 11) is -4.22. The van der Waals surface area contributed by atoms with Gasteiger partial charge in [0.05, 0.1) is 10.6 Å². The summed E-state index contributed by atoms with van der Waals surface area (Å²) in [5.41, 5.74) is 0.750. The zero-order chi connectivity index (χ0) is 29.6. The van der Waals surface area contributed by atoms with Crippen LogP contribution in [0.5, 0.6) is 0 Å². The van der Waals surface area contributed by atoms with Gasteiger partial charge in [-0.15, -0.1) is 0 Å². The summed E-state index contributed by atoms with van der Waals surface area (Å²) in [5.74, 6) is -0.896. The van der Waals surface area contributed by atoms with Gasteiger partial charge in [0, 0.05) is 27.7 Å². The second-order valence-electron chi connectivity index (χ2n) is 10.1. The van der Waals surface area contributed by atoms with Crippen LogP contribution in [0.3, 0.4) is 0 Å². The van der Waals surface area contributed by atoms with Gasteiger partial charge >= 0.3 is 0 Å². The van der Waals surface area contributed by atoms with E-state index >= 15 is 0 Å². The van der Waals surface area contributed by atoms with Crippen LogP contribution in [0.2, 0.25) is 15.1 Å². The highest BCUT2D eigenvalue weighted by molar-refractivity contribution is 7.92. The van der Waals surface area contributed by atoms with E-state index < -0.39 is 28.5 Å². The van der Waals surface area contributed by atoms with Crippen molar-refractivity contribution in [2.24, 2.45) is 0 Å². The fraction of sp³-hybridized carbons (Fsp3) is 0.333. The summed E-state index contributed by atoms with van der Waals surface area (Å²) < 4.78 is 28.7. The predicted molar refractivity (Wildman–Crippen MR) is 164 cm³/mol. The molecule has 1 N–H and O–H groups in total. The molecule has 1 unspecified atom stereocenters. The lowest BCUT2D eigenvalue weighted by atomic mass is 9.95. The van der Waals surface area contributed by atoms with E-state index in [1.165, 1.54) is 35.2 Å². The van der Waals surface area contributed by atoms with Crippen LogP contribution in [-0.4, -0.2) is 43.8 Å². The molecule has 2 amide bonds. The standard InChI is InChI=1S/C30H32Cl3N3O4S/c1-21(30(38)34-25-11-4-2-5-12-25)35(19-22-10-8-9-15-28(22)33)29(37)20-36(26-17-23(31)16-24(32)18-26)41(39,40)27-13-6-3-7-14-27/h3,6-10,13-18,21,25H,2,4-5,11-12,19-20H2,1H3,(H,34,38). The number of amides is 2. The van der Waals surface area contributed by atoms with Crippen LogP contribution >= 0.6 is 34.8 Å². The van der Waals surface area contributed by atoms with Crippen molar-refractivity contribution in [2.75, 3.05) is 10.8 Å². The number of rotatable bonds is 10. The average Bonchev–Trinajstić information content (AvgIpc) is 2.95. The Bertz CT molecular complexity index is 1460. The molecule has 218 valence electrons. The number of carbonyl (C=O) groups is 2. The normalized spacial score (nSPS) is 14.7. The van der Waals surface area contributed by atoms with Gasteiger partial charge in [-0.3, -0.25) is 13.9 Å². The number of halogens is 3. The van der Waals surface area contributed by atoms with Crippen molar-refractivity contribution in [3.63, 3.8) is 0 Å². The van der Waals surface area contributed by atoms with Gasteiger partial charge in [0.1, 0.15) is 12.6 Å². The number of nitrogens with zero attached hydrogens (tertiary/aromatic N) is 2. The molecule has 1 saturated carbocycles. The van der Waals surface area contributed by atoms with Crippen LogP contribution in [0.4, 0.5) is 5.69 Å². The molecule has 1 atom stereocenters. The number of anilines is 1. The van der Waals surface area contributed by atoms with E-state index in [0.717, 1.165) is 36.4 Å². The van der Waals surface area contributed by atoms with Crippen molar-refractivity contribution < 1.29 is 18.0 Å². The third-order valence-corrected chi connectivity index (χ3v) is 9.76. The minimum Gasteiger partial charge on any atom is -0.352 e. The largest absolute Gasteiger partial charge is 0.352 e. The Morgan fingerprint density at radius 1 is 0.902 bits per heavy atom. The third-order valence-electron chi connectivity index (χ3n) is 7.16. The van der Waals surface area contributed by atoms with Gasteiger partial charge in [-0.2, -0.15) is 0 Å². The molecule has 0 radical (unpaired) electrons. The lowest BCUT2D eigenvalue weighted by Crippen LogP contribution is -2.53. The molecule has 0 spiro atoms. The molecule has 0 aromatic heterocycles. The maximum absolute atomic E-state index is 14.1. The molecule has 11 heteroatoms. The van der Waals surface area contributed by atoms with E-state index in [4.69, 9.17) is 34.8 Å². The van der Waals surface area contributed by atoms with Gasteiger partial charge < -0.3 is 10.2 Å². The van der Waals surface area contributed by atoms with Gasteiger partial charge in [-0.25, -0.2) is 8.42 Å². The maximum Gasteiger partial charge on any atom is 0.264 e. The number of carbonyl (C=O) groups excluding carboxylic acids is 2. The summed E-state index contributed by atoms with van der Waals surface area (Å²) >= 11 is 18.9. The zero-order valence-electron chi connectivity index (χ0n) is 22.6. The highest BCUT2D eigenvalue weighted by atomic mass is 35.5. The summed E-state index contributed by atoms with van der Waals surface area (Å²) in [6.45, 7) is 1.05. The summed E-state index contributed by atoms with van der Waals surface area (Å²) in [6.07, 6.45) is 4.98. The Labute approximate surface area is 256 Å². The molecule has 0 heterocycles. The Balaban J connectivity index is 1.70. The fourth-order valence-corrected chi connectivity index (χ4v) is 7.02. The molecule has 7 nitrogen and oxygen atoms in total. The highest BCUT2D eigenvalue weighted by Crippen LogP contribution is 2.30. The topological polar surface area (TPSA) is 86.8 Å². The van der Waals surface area contributed by atoms with Crippen LogP contribution in [0.15, 0.2) is 77.7 Å². The van der Waals surface area contributed by atoms with Crippen LogP contribution in [0.1, 0.15) is 44.6 Å². The van der Waals surface area contributed by atoms with E-state index in [9.17, 15) is 18.0 Å². The first-order valence-electron chi connectivity index (χ1n) is 13.4. The molecular formula is C30H32Cl3N3O4S. The molecule has 1 fully saturated rings. The average molecular weight is 637 g/mol. The molecule has 1 aliphatic rings. The van der Waals surface area contributed by atoms with Gasteiger partial charge in [-0.1, -0.05) is 90.5 Å². The lowest BCUT2D eigenvalue weighted by molar-refractivity contribution is -0.139. The minimum atomic E-state index is -4.22. The molecule has 0 saturated heterocycles. The second kappa shape index (κ2) is 13.9. The van der Waals surface area contributed by atoms with Crippen LogP contribution in [0.25, 0.3) is 0 Å². The first-order chi connectivity index (χ1) is 19.6. The summed E-state index contributed by atoms with van der Waals surface area (Å²) in [5, 5.41) is 3.93.